The van der Waals surface area contributed by atoms with E-state index >= 15 is 0 Å². The fourth-order valence-electron chi connectivity index (χ4n) is 1.31. The first-order chi connectivity index (χ1) is 9.32. The van der Waals surface area contributed by atoms with Gasteiger partial charge in [-0.1, -0.05) is 6.07 Å². The highest BCUT2D eigenvalue weighted by molar-refractivity contribution is 5.90. The summed E-state index contributed by atoms with van der Waals surface area (Å²) in [5.74, 6) is -0.477. The van der Waals surface area contributed by atoms with Gasteiger partial charge in [0.05, 0.1) is 24.7 Å². The van der Waals surface area contributed by atoms with Crippen LogP contribution in [0.25, 0.3) is 0 Å². The molecule has 1 atom stereocenters. The third-order valence-corrected chi connectivity index (χ3v) is 2.43. The van der Waals surface area contributed by atoms with Crippen molar-refractivity contribution in [2.75, 3.05) is 11.9 Å². The number of ether oxygens (including phenoxy) is 1. The lowest BCUT2D eigenvalue weighted by atomic mass is 10.2. The molecule has 0 bridgehead atoms. The van der Waals surface area contributed by atoms with Gasteiger partial charge >= 0.3 is 6.18 Å². The van der Waals surface area contributed by atoms with Crippen molar-refractivity contribution < 1.29 is 22.7 Å². The molecule has 0 aliphatic heterocycles. The molecule has 0 radical (unpaired) electrons. The molecule has 7 heteroatoms. The quantitative estimate of drug-likeness (QED) is 0.905. The Hall–Kier alpha value is -2.07. The average molecular weight is 286 g/mol. The molecule has 108 valence electrons. The Morgan fingerprint density at radius 1 is 1.50 bits per heavy atom. The molecular weight excluding hydrogens is 273 g/mol. The number of hydrogen-bond donors (Lipinski definition) is 1. The van der Waals surface area contributed by atoms with Crippen LogP contribution in [0.2, 0.25) is 0 Å². The molecule has 0 aliphatic rings. The zero-order chi connectivity index (χ0) is 15.2. The Balaban J connectivity index is 2.39. The Labute approximate surface area is 114 Å². The summed E-state index contributed by atoms with van der Waals surface area (Å²) in [5, 5.41) is 11.2. The highest BCUT2D eigenvalue weighted by Crippen LogP contribution is 2.22. The first-order valence-corrected chi connectivity index (χ1v) is 5.81. The van der Waals surface area contributed by atoms with Crippen molar-refractivity contribution >= 4 is 11.6 Å². The Morgan fingerprint density at radius 2 is 2.20 bits per heavy atom. The van der Waals surface area contributed by atoms with Crippen LogP contribution in [0, 0.1) is 11.3 Å². The molecule has 20 heavy (non-hydrogen) atoms. The second-order valence-electron chi connectivity index (χ2n) is 4.05. The molecule has 0 heterocycles. The molecule has 0 fully saturated rings. The molecule has 4 nitrogen and oxygen atoms in total. The molecule has 0 aromatic heterocycles. The van der Waals surface area contributed by atoms with Crippen molar-refractivity contribution in [2.24, 2.45) is 0 Å². The van der Waals surface area contributed by atoms with Gasteiger partial charge in [-0.3, -0.25) is 4.79 Å². The molecule has 0 spiro atoms. The van der Waals surface area contributed by atoms with Gasteiger partial charge in [0.15, 0.2) is 6.10 Å². The van der Waals surface area contributed by atoms with Crippen LogP contribution in [0.4, 0.5) is 18.9 Å². The molecule has 1 N–H and O–H groups in total. The molecular formula is C13H13F3N2O2. The van der Waals surface area contributed by atoms with Crippen molar-refractivity contribution in [2.45, 2.75) is 25.6 Å². The van der Waals surface area contributed by atoms with Crippen molar-refractivity contribution in [1.82, 2.24) is 0 Å². The van der Waals surface area contributed by atoms with Crippen LogP contribution in [0.3, 0.4) is 0 Å². The Bertz CT molecular complexity index is 509. The summed E-state index contributed by atoms with van der Waals surface area (Å²) in [4.78, 5) is 11.5. The number of hydrogen-bond acceptors (Lipinski definition) is 3. The predicted molar refractivity (Wildman–Crippen MR) is 65.9 cm³/mol. The molecule has 1 unspecified atom stereocenters. The van der Waals surface area contributed by atoms with Gasteiger partial charge in [0.25, 0.3) is 0 Å². The van der Waals surface area contributed by atoms with Gasteiger partial charge in [0.1, 0.15) is 0 Å². The van der Waals surface area contributed by atoms with Gasteiger partial charge < -0.3 is 10.1 Å². The Morgan fingerprint density at radius 3 is 2.80 bits per heavy atom. The highest BCUT2D eigenvalue weighted by atomic mass is 19.4. The number of nitrogens with one attached hydrogen (secondary N) is 1. The lowest BCUT2D eigenvalue weighted by Crippen LogP contribution is -2.29. The summed E-state index contributed by atoms with van der Waals surface area (Å²) in [6, 6.07) is 8.13. The molecule has 0 aliphatic carbocycles. The number of benzene rings is 1. The van der Waals surface area contributed by atoms with Crippen LogP contribution in [0.1, 0.15) is 18.9 Å². The summed E-state index contributed by atoms with van der Waals surface area (Å²) in [5.41, 5.74) is 0.794. The molecule has 0 saturated carbocycles. The van der Waals surface area contributed by atoms with Crippen molar-refractivity contribution in [1.29, 1.82) is 5.26 Å². The van der Waals surface area contributed by atoms with Gasteiger partial charge in [0, 0.05) is 5.69 Å². The van der Waals surface area contributed by atoms with E-state index in [9.17, 15) is 18.0 Å². The van der Waals surface area contributed by atoms with Gasteiger partial charge in [-0.05, 0) is 25.1 Å². The van der Waals surface area contributed by atoms with Crippen molar-refractivity contribution in [3.05, 3.63) is 29.8 Å². The Kier molecular flexibility index (Phi) is 5.53. The van der Waals surface area contributed by atoms with E-state index in [1.807, 2.05) is 6.07 Å². The SMILES string of the molecule is CC(OCCC(=O)Nc1cccc(C#N)c1)C(F)(F)F. The standard InChI is InChI=1S/C13H13F3N2O2/c1-9(13(14,15)16)20-6-5-12(19)18-11-4-2-3-10(7-11)8-17/h2-4,7,9H,5-6H2,1H3,(H,18,19). The smallest absolute Gasteiger partial charge is 0.369 e. The zero-order valence-electron chi connectivity index (χ0n) is 10.7. The summed E-state index contributed by atoms with van der Waals surface area (Å²) < 4.78 is 41.0. The first kappa shape index (κ1) is 16.0. The monoisotopic (exact) mass is 286 g/mol. The molecule has 1 amide bonds. The van der Waals surface area contributed by atoms with E-state index in [-0.39, 0.29) is 13.0 Å². The van der Waals surface area contributed by atoms with E-state index < -0.39 is 18.2 Å². The number of alkyl halides is 3. The largest absolute Gasteiger partial charge is 0.414 e. The third-order valence-electron chi connectivity index (χ3n) is 2.43. The molecule has 0 saturated heterocycles. The second kappa shape index (κ2) is 6.91. The van der Waals surface area contributed by atoms with Crippen LogP contribution < -0.4 is 5.32 Å². The fourth-order valence-corrected chi connectivity index (χ4v) is 1.31. The number of amides is 1. The number of rotatable bonds is 5. The van der Waals surface area contributed by atoms with Crippen molar-refractivity contribution in [3.63, 3.8) is 0 Å². The minimum atomic E-state index is -4.43. The van der Waals surface area contributed by atoms with Crippen molar-refractivity contribution in [3.8, 4) is 6.07 Å². The van der Waals surface area contributed by atoms with Crippen LogP contribution in [-0.2, 0) is 9.53 Å². The number of halogens is 3. The van der Waals surface area contributed by atoms with E-state index in [1.54, 1.807) is 18.2 Å². The molecule has 1 aromatic carbocycles. The topological polar surface area (TPSA) is 62.1 Å². The van der Waals surface area contributed by atoms with Crippen LogP contribution in [0.5, 0.6) is 0 Å². The van der Waals surface area contributed by atoms with E-state index in [0.717, 1.165) is 6.92 Å². The van der Waals surface area contributed by atoms with E-state index in [4.69, 9.17) is 5.26 Å². The van der Waals surface area contributed by atoms with E-state index in [1.165, 1.54) is 6.07 Å². The summed E-state index contributed by atoms with van der Waals surface area (Å²) in [6.45, 7) is 0.554. The summed E-state index contributed by atoms with van der Waals surface area (Å²) in [7, 11) is 0. The summed E-state index contributed by atoms with van der Waals surface area (Å²) >= 11 is 0. The average Bonchev–Trinajstić information content (AvgIpc) is 2.37. The number of carbonyl (C=O) groups is 1. The lowest BCUT2D eigenvalue weighted by molar-refractivity contribution is -0.214. The first-order valence-electron chi connectivity index (χ1n) is 5.81. The summed E-state index contributed by atoms with van der Waals surface area (Å²) in [6.07, 6.45) is -6.54. The maximum atomic E-state index is 12.1. The number of nitrogens with zero attached hydrogens (tertiary/aromatic N) is 1. The number of anilines is 1. The minimum absolute atomic E-state index is 0.197. The zero-order valence-corrected chi connectivity index (χ0v) is 10.7. The van der Waals surface area contributed by atoms with Gasteiger partial charge in [-0.25, -0.2) is 0 Å². The minimum Gasteiger partial charge on any atom is -0.369 e. The molecule has 1 aromatic rings. The lowest BCUT2D eigenvalue weighted by Gasteiger charge is -2.16. The maximum Gasteiger partial charge on any atom is 0.414 e. The number of carbonyl (C=O) groups excluding carboxylic acids is 1. The highest BCUT2D eigenvalue weighted by Gasteiger charge is 2.36. The van der Waals surface area contributed by atoms with Crippen LogP contribution >= 0.6 is 0 Å². The van der Waals surface area contributed by atoms with Gasteiger partial charge in [-0.15, -0.1) is 0 Å². The third kappa shape index (κ3) is 5.28. The van der Waals surface area contributed by atoms with E-state index in [0.29, 0.717) is 11.3 Å². The van der Waals surface area contributed by atoms with Crippen LogP contribution in [-0.4, -0.2) is 24.8 Å². The van der Waals surface area contributed by atoms with Gasteiger partial charge in [0.2, 0.25) is 5.91 Å². The fraction of sp³-hybridized carbons (Fsp3) is 0.385. The van der Waals surface area contributed by atoms with Crippen LogP contribution in [0.15, 0.2) is 24.3 Å². The number of nitriles is 1. The van der Waals surface area contributed by atoms with Gasteiger partial charge in [-0.2, -0.15) is 18.4 Å². The second-order valence-corrected chi connectivity index (χ2v) is 4.05. The maximum absolute atomic E-state index is 12.1. The van der Waals surface area contributed by atoms with E-state index in [2.05, 4.69) is 10.1 Å². The molecule has 1 rings (SSSR count). The normalized spacial score (nSPS) is 12.6. The predicted octanol–water partition coefficient (Wildman–Crippen LogP) is 2.85.